The molecule has 9 heteroatoms. The zero-order valence-corrected chi connectivity index (χ0v) is 20.1. The number of benzene rings is 3. The first kappa shape index (κ1) is 24.3. The molecule has 0 saturated heterocycles. The monoisotopic (exact) mass is 493 g/mol. The van der Waals surface area contributed by atoms with Crippen LogP contribution in [0.4, 0.5) is 0 Å². The number of rotatable bonds is 6. The molecule has 0 spiro atoms. The van der Waals surface area contributed by atoms with Crippen molar-refractivity contribution in [1.82, 2.24) is 0 Å². The molecule has 0 fully saturated rings. The second-order valence-corrected chi connectivity index (χ2v) is 10.1. The Bertz CT molecular complexity index is 1620. The molecule has 3 aromatic carbocycles. The van der Waals surface area contributed by atoms with Crippen LogP contribution in [0.25, 0.3) is 32.9 Å². The number of aromatic nitrogens is 1. The third-order valence-electron chi connectivity index (χ3n) is 6.07. The third-order valence-corrected chi connectivity index (χ3v) is 7.30. The molecule has 1 atom stereocenters. The van der Waals surface area contributed by atoms with E-state index in [1.807, 2.05) is 0 Å². The van der Waals surface area contributed by atoms with E-state index in [1.165, 1.54) is 16.7 Å². The van der Waals surface area contributed by atoms with Gasteiger partial charge in [0, 0.05) is 12.5 Å². The van der Waals surface area contributed by atoms with E-state index >= 15 is 0 Å². The maximum atomic E-state index is 12.5. The zero-order valence-electron chi connectivity index (χ0n) is 19.3. The summed E-state index contributed by atoms with van der Waals surface area (Å²) in [6, 6.07) is 14.4. The molecule has 180 valence electrons. The average Bonchev–Trinajstić information content (AvgIpc) is 2.77. The minimum atomic E-state index is -4.59. The standard InChI is InChI=1S/C26H23NO7S/c1-4-22(35(32,33)34)27-21-13-14(2)5-10-18(21)23(26(30)31)20-12-15(3)11-19(24(20)27)16-6-8-17(9-7-16)25(28)29/h5-13,22H,4H2,1-3H3,(H2-,28,29,30,31,32,33,34). The van der Waals surface area contributed by atoms with Crippen LogP contribution in [-0.2, 0) is 10.1 Å². The highest BCUT2D eigenvalue weighted by Crippen LogP contribution is 2.35. The Morgan fingerprint density at radius 1 is 0.971 bits per heavy atom. The lowest BCUT2D eigenvalue weighted by Gasteiger charge is -2.18. The van der Waals surface area contributed by atoms with Crippen LogP contribution < -0.4 is 9.67 Å². The van der Waals surface area contributed by atoms with E-state index in [0.29, 0.717) is 32.9 Å². The van der Waals surface area contributed by atoms with Gasteiger partial charge >= 0.3 is 16.1 Å². The first-order valence-electron chi connectivity index (χ1n) is 10.9. The van der Waals surface area contributed by atoms with Gasteiger partial charge in [0.2, 0.25) is 11.0 Å². The number of pyridine rings is 1. The largest absolute Gasteiger partial charge is 0.545 e. The predicted molar refractivity (Wildman–Crippen MR) is 129 cm³/mol. The normalized spacial score (nSPS) is 12.7. The number of carboxylic acid groups (broad SMARTS) is 2. The van der Waals surface area contributed by atoms with Gasteiger partial charge in [-0.15, -0.1) is 0 Å². The molecular weight excluding hydrogens is 470 g/mol. The van der Waals surface area contributed by atoms with Gasteiger partial charge in [0.05, 0.1) is 27.9 Å². The summed E-state index contributed by atoms with van der Waals surface area (Å²) in [6.45, 7) is 5.21. The Kier molecular flexibility index (Phi) is 6.08. The third kappa shape index (κ3) is 4.24. The van der Waals surface area contributed by atoms with Gasteiger partial charge in [0.15, 0.2) is 0 Å². The lowest BCUT2D eigenvalue weighted by atomic mass is 9.93. The van der Waals surface area contributed by atoms with E-state index < -0.39 is 27.4 Å². The summed E-state index contributed by atoms with van der Waals surface area (Å²) in [4.78, 5) is 23.7. The molecule has 0 radical (unpaired) electrons. The second kappa shape index (κ2) is 8.75. The van der Waals surface area contributed by atoms with E-state index in [9.17, 15) is 32.8 Å². The molecule has 0 bridgehead atoms. The van der Waals surface area contributed by atoms with Crippen molar-refractivity contribution in [3.05, 3.63) is 76.9 Å². The molecule has 4 rings (SSSR count). The fourth-order valence-corrected chi connectivity index (χ4v) is 5.52. The van der Waals surface area contributed by atoms with Crippen molar-refractivity contribution in [2.24, 2.45) is 0 Å². The zero-order chi connectivity index (χ0) is 25.7. The summed E-state index contributed by atoms with van der Waals surface area (Å²) in [6.07, 6.45) is 0.0188. The molecule has 2 N–H and O–H groups in total. The van der Waals surface area contributed by atoms with Crippen LogP contribution in [-0.4, -0.2) is 30.0 Å². The molecule has 4 aromatic rings. The summed E-state index contributed by atoms with van der Waals surface area (Å²) < 4.78 is 36.7. The first-order chi connectivity index (χ1) is 16.4. The Hall–Kier alpha value is -3.82. The SMILES string of the molecule is CCC([n+]1c2cc(C)ccc2c(C(=O)O)c2cc(C)cc(-c3ccc(C(=O)[O-])cc3)c21)S(=O)(=O)O. The van der Waals surface area contributed by atoms with Crippen molar-refractivity contribution >= 4 is 43.9 Å². The van der Waals surface area contributed by atoms with Crippen molar-refractivity contribution in [1.29, 1.82) is 0 Å². The molecule has 0 aliphatic heterocycles. The van der Waals surface area contributed by atoms with Gasteiger partial charge in [-0.3, -0.25) is 4.55 Å². The summed E-state index contributed by atoms with van der Waals surface area (Å²) in [5.41, 5.74) is 3.16. The fourth-order valence-electron chi connectivity index (χ4n) is 4.61. The van der Waals surface area contributed by atoms with Gasteiger partial charge in [0.1, 0.15) is 0 Å². The number of hydrogen-bond donors (Lipinski definition) is 2. The molecular formula is C26H23NO7S. The minimum absolute atomic E-state index is 0.00717. The number of fused-ring (bicyclic) bond motifs is 2. The van der Waals surface area contributed by atoms with E-state index in [1.54, 1.807) is 63.2 Å². The van der Waals surface area contributed by atoms with Crippen molar-refractivity contribution in [3.8, 4) is 11.1 Å². The molecule has 0 amide bonds. The summed E-state index contributed by atoms with van der Waals surface area (Å²) >= 11 is 0. The van der Waals surface area contributed by atoms with Crippen LogP contribution in [0.5, 0.6) is 0 Å². The summed E-state index contributed by atoms with van der Waals surface area (Å²) in [5, 5.41) is 20.7. The molecule has 8 nitrogen and oxygen atoms in total. The van der Waals surface area contributed by atoms with Crippen LogP contribution in [0.2, 0.25) is 0 Å². The Morgan fingerprint density at radius 2 is 1.63 bits per heavy atom. The quantitative estimate of drug-likeness (QED) is 0.239. The summed E-state index contributed by atoms with van der Waals surface area (Å²) in [5.74, 6) is -2.52. The van der Waals surface area contributed by atoms with E-state index in [4.69, 9.17) is 0 Å². The maximum absolute atomic E-state index is 12.5. The molecule has 0 saturated carbocycles. The van der Waals surface area contributed by atoms with Gasteiger partial charge in [-0.1, -0.05) is 37.3 Å². The van der Waals surface area contributed by atoms with Crippen molar-refractivity contribution in [3.63, 3.8) is 0 Å². The first-order valence-corrected chi connectivity index (χ1v) is 12.4. The lowest BCUT2D eigenvalue weighted by Crippen LogP contribution is -2.45. The summed E-state index contributed by atoms with van der Waals surface area (Å²) in [7, 11) is -4.59. The van der Waals surface area contributed by atoms with Crippen molar-refractivity contribution in [2.75, 3.05) is 0 Å². The van der Waals surface area contributed by atoms with Crippen molar-refractivity contribution < 1.29 is 37.3 Å². The topological polar surface area (TPSA) is 136 Å². The highest BCUT2D eigenvalue weighted by atomic mass is 32.2. The van der Waals surface area contributed by atoms with Crippen LogP contribution in [0.1, 0.15) is 50.6 Å². The van der Waals surface area contributed by atoms with Crippen LogP contribution >= 0.6 is 0 Å². The van der Waals surface area contributed by atoms with Crippen LogP contribution in [0, 0.1) is 13.8 Å². The number of carbonyl (C=O) groups is 2. The number of nitrogens with zero attached hydrogens (tertiary/aromatic N) is 1. The molecule has 35 heavy (non-hydrogen) atoms. The van der Waals surface area contributed by atoms with Gasteiger partial charge < -0.3 is 15.0 Å². The molecule has 1 aromatic heterocycles. The van der Waals surface area contributed by atoms with E-state index in [-0.39, 0.29) is 17.5 Å². The highest BCUT2D eigenvalue weighted by Gasteiger charge is 2.37. The van der Waals surface area contributed by atoms with Gasteiger partial charge in [0.25, 0.3) is 5.37 Å². The van der Waals surface area contributed by atoms with Gasteiger partial charge in [-0.25, -0.2) is 4.79 Å². The Morgan fingerprint density at radius 3 is 2.17 bits per heavy atom. The van der Waals surface area contributed by atoms with Crippen LogP contribution in [0.3, 0.4) is 0 Å². The highest BCUT2D eigenvalue weighted by molar-refractivity contribution is 7.85. The van der Waals surface area contributed by atoms with Crippen molar-refractivity contribution in [2.45, 2.75) is 32.6 Å². The smallest absolute Gasteiger partial charge is 0.337 e. The Labute approximate surface area is 201 Å². The molecule has 0 aliphatic rings. The number of aryl methyl sites for hydroxylation is 2. The maximum Gasteiger partial charge on any atom is 0.337 e. The molecule has 1 heterocycles. The minimum Gasteiger partial charge on any atom is -0.545 e. The number of hydrogen-bond acceptors (Lipinski definition) is 5. The van der Waals surface area contributed by atoms with Gasteiger partial charge in [-0.2, -0.15) is 13.0 Å². The van der Waals surface area contributed by atoms with E-state index in [2.05, 4.69) is 0 Å². The number of carboxylic acids is 2. The predicted octanol–water partition coefficient (Wildman–Crippen LogP) is 3.42. The average molecular weight is 494 g/mol. The molecule has 0 aliphatic carbocycles. The number of carbonyl (C=O) groups excluding carboxylic acids is 1. The molecule has 1 unspecified atom stereocenters. The van der Waals surface area contributed by atoms with Gasteiger partial charge in [-0.05, 0) is 54.3 Å². The second-order valence-electron chi connectivity index (χ2n) is 8.52. The lowest BCUT2D eigenvalue weighted by molar-refractivity contribution is -0.651. The van der Waals surface area contributed by atoms with E-state index in [0.717, 1.165) is 11.1 Å². The van der Waals surface area contributed by atoms with Crippen LogP contribution in [0.15, 0.2) is 54.6 Å². The number of aromatic carboxylic acids is 2. The Balaban J connectivity index is 2.31. The fraction of sp³-hybridized carbons (Fsp3) is 0.192.